The highest BCUT2D eigenvalue weighted by Gasteiger charge is 2.29. The maximum Gasteiger partial charge on any atom is 0.337 e. The monoisotopic (exact) mass is 538 g/mol. The largest absolute Gasteiger partial charge is 0.497 e. The van der Waals surface area contributed by atoms with Crippen LogP contribution in [0.25, 0.3) is 10.9 Å². The number of aliphatic hydroxyl groups excluding tert-OH is 1. The summed E-state index contributed by atoms with van der Waals surface area (Å²) in [5, 5.41) is 12.9. The van der Waals surface area contributed by atoms with Crippen LogP contribution in [0.2, 0.25) is 0 Å². The summed E-state index contributed by atoms with van der Waals surface area (Å²) < 4.78 is 27.1. The number of aromatic amines is 1. The van der Waals surface area contributed by atoms with E-state index >= 15 is 0 Å². The topological polar surface area (TPSA) is 128 Å². The molecule has 10 nitrogen and oxygen atoms in total. The molecule has 0 spiro atoms. The second kappa shape index (κ2) is 13.8. The maximum atomic E-state index is 13.1. The van der Waals surface area contributed by atoms with Gasteiger partial charge in [-0.15, -0.1) is 0 Å². The Balaban J connectivity index is 1.42. The van der Waals surface area contributed by atoms with E-state index in [0.717, 1.165) is 27.8 Å². The normalized spacial score (nSPS) is 16.8. The SMILES string of the molecule is COC(=O)c1ccc([C@@H]2C=C(C(=O)NCCc3c[nH]c4ccc(OC)cc34)O[C@H](OCCOCCO)C2)cc1. The van der Waals surface area contributed by atoms with Crippen molar-refractivity contribution in [1.29, 1.82) is 0 Å². The van der Waals surface area contributed by atoms with Gasteiger partial charge in [-0.25, -0.2) is 4.79 Å². The zero-order valence-corrected chi connectivity index (χ0v) is 22.1. The molecule has 0 saturated heterocycles. The van der Waals surface area contributed by atoms with Crippen LogP contribution >= 0.6 is 0 Å². The Labute approximate surface area is 226 Å². The Morgan fingerprint density at radius 3 is 2.67 bits per heavy atom. The first-order chi connectivity index (χ1) is 19.0. The lowest BCUT2D eigenvalue weighted by Crippen LogP contribution is -2.34. The molecule has 2 aromatic carbocycles. The maximum absolute atomic E-state index is 13.1. The lowest BCUT2D eigenvalue weighted by molar-refractivity contribution is -0.151. The first-order valence-corrected chi connectivity index (χ1v) is 12.8. The second-order valence-electron chi connectivity index (χ2n) is 8.97. The molecule has 208 valence electrons. The van der Waals surface area contributed by atoms with Crippen molar-refractivity contribution < 1.29 is 38.4 Å². The number of fused-ring (bicyclic) bond motifs is 1. The third kappa shape index (κ3) is 7.38. The minimum atomic E-state index is -0.667. The van der Waals surface area contributed by atoms with E-state index in [0.29, 0.717) is 31.6 Å². The summed E-state index contributed by atoms with van der Waals surface area (Å²) in [6.07, 6.45) is 4.14. The summed E-state index contributed by atoms with van der Waals surface area (Å²) >= 11 is 0. The smallest absolute Gasteiger partial charge is 0.337 e. The van der Waals surface area contributed by atoms with Crippen LogP contribution in [0.4, 0.5) is 0 Å². The van der Waals surface area contributed by atoms with Crippen LogP contribution in [0.15, 0.2) is 60.5 Å². The van der Waals surface area contributed by atoms with Crippen LogP contribution in [0.5, 0.6) is 5.75 Å². The Bertz CT molecular complexity index is 1280. The molecule has 2 heterocycles. The molecule has 0 unspecified atom stereocenters. The third-order valence-electron chi connectivity index (χ3n) is 6.46. The zero-order valence-electron chi connectivity index (χ0n) is 22.1. The summed E-state index contributed by atoms with van der Waals surface area (Å²) in [5.41, 5.74) is 3.42. The Morgan fingerprint density at radius 1 is 1.10 bits per heavy atom. The Kier molecular flexibility index (Phi) is 9.96. The van der Waals surface area contributed by atoms with Crippen LogP contribution < -0.4 is 10.1 Å². The molecule has 2 atom stereocenters. The number of aromatic nitrogens is 1. The van der Waals surface area contributed by atoms with E-state index in [2.05, 4.69) is 10.3 Å². The number of esters is 1. The first-order valence-electron chi connectivity index (χ1n) is 12.8. The number of aliphatic hydroxyl groups is 1. The predicted octanol–water partition coefficient (Wildman–Crippen LogP) is 3.06. The van der Waals surface area contributed by atoms with Gasteiger partial charge in [-0.05, 0) is 54.0 Å². The van der Waals surface area contributed by atoms with E-state index in [-0.39, 0.29) is 37.4 Å². The average Bonchev–Trinajstić information content (AvgIpc) is 3.38. The number of allylic oxidation sites excluding steroid dienone is 1. The van der Waals surface area contributed by atoms with Crippen molar-refractivity contribution in [2.75, 3.05) is 47.2 Å². The molecule has 10 heteroatoms. The number of rotatable bonds is 13. The minimum absolute atomic E-state index is 0.0667. The highest BCUT2D eigenvalue weighted by Crippen LogP contribution is 2.32. The lowest BCUT2D eigenvalue weighted by atomic mass is 9.92. The van der Waals surface area contributed by atoms with Crippen molar-refractivity contribution in [1.82, 2.24) is 10.3 Å². The highest BCUT2D eigenvalue weighted by molar-refractivity contribution is 5.92. The molecule has 1 aliphatic heterocycles. The van der Waals surface area contributed by atoms with E-state index in [9.17, 15) is 9.59 Å². The molecule has 0 radical (unpaired) electrons. The Morgan fingerprint density at radius 2 is 1.92 bits per heavy atom. The number of H-pyrrole nitrogens is 1. The van der Waals surface area contributed by atoms with Gasteiger partial charge in [0.05, 0.1) is 46.2 Å². The van der Waals surface area contributed by atoms with Gasteiger partial charge in [-0.2, -0.15) is 0 Å². The fourth-order valence-corrected chi connectivity index (χ4v) is 4.43. The van der Waals surface area contributed by atoms with Crippen molar-refractivity contribution in [3.63, 3.8) is 0 Å². The van der Waals surface area contributed by atoms with Crippen LogP contribution in [0, 0.1) is 0 Å². The highest BCUT2D eigenvalue weighted by atomic mass is 16.7. The van der Waals surface area contributed by atoms with E-state index in [1.807, 2.05) is 36.5 Å². The standard InChI is InChI=1S/C29H34N2O8/c1-35-23-7-8-25-24(17-23)21(18-31-25)9-10-30-28(33)26-15-22(16-27(39-26)38-14-13-37-12-11-32)19-3-5-20(6-4-19)29(34)36-2/h3-8,15,17-18,22,27,31-32H,9-14,16H2,1-2H3,(H,30,33)/t22-,27+/m1/s1. The van der Waals surface area contributed by atoms with Gasteiger partial charge in [-0.3, -0.25) is 4.79 Å². The number of carbonyl (C=O) groups is 2. The van der Waals surface area contributed by atoms with Gasteiger partial charge in [0.1, 0.15) is 5.75 Å². The van der Waals surface area contributed by atoms with Crippen molar-refractivity contribution in [3.8, 4) is 5.75 Å². The molecule has 0 saturated carbocycles. The first kappa shape index (κ1) is 28.2. The number of hydrogen-bond donors (Lipinski definition) is 3. The summed E-state index contributed by atoms with van der Waals surface area (Å²) in [4.78, 5) is 28.2. The molecule has 1 aliphatic rings. The fraction of sp³-hybridized carbons (Fsp3) is 0.379. The zero-order chi connectivity index (χ0) is 27.6. The van der Waals surface area contributed by atoms with Crippen molar-refractivity contribution in [3.05, 3.63) is 77.2 Å². The molecule has 0 aliphatic carbocycles. The van der Waals surface area contributed by atoms with Gasteiger partial charge in [0.25, 0.3) is 5.91 Å². The molecule has 1 aromatic heterocycles. The number of carbonyl (C=O) groups excluding carboxylic acids is 2. The van der Waals surface area contributed by atoms with Gasteiger partial charge < -0.3 is 39.1 Å². The predicted molar refractivity (Wildman–Crippen MR) is 144 cm³/mol. The molecular formula is C29H34N2O8. The molecular weight excluding hydrogens is 504 g/mol. The fourth-order valence-electron chi connectivity index (χ4n) is 4.43. The van der Waals surface area contributed by atoms with E-state index in [4.69, 9.17) is 28.8 Å². The molecule has 1 amide bonds. The van der Waals surface area contributed by atoms with Gasteiger partial charge in [0, 0.05) is 36.0 Å². The van der Waals surface area contributed by atoms with Gasteiger partial charge in [0.2, 0.25) is 6.29 Å². The number of ether oxygens (including phenoxy) is 5. The van der Waals surface area contributed by atoms with Crippen LogP contribution in [0.1, 0.15) is 33.8 Å². The van der Waals surface area contributed by atoms with Crippen LogP contribution in [-0.4, -0.2) is 75.4 Å². The summed E-state index contributed by atoms with van der Waals surface area (Å²) in [6, 6.07) is 12.9. The molecule has 3 N–H and O–H groups in total. The third-order valence-corrected chi connectivity index (χ3v) is 6.46. The quantitative estimate of drug-likeness (QED) is 0.224. The van der Waals surface area contributed by atoms with Crippen molar-refractivity contribution in [2.24, 2.45) is 0 Å². The number of hydrogen-bond acceptors (Lipinski definition) is 8. The van der Waals surface area contributed by atoms with Crippen molar-refractivity contribution in [2.45, 2.75) is 25.0 Å². The Hall–Kier alpha value is -3.86. The van der Waals surface area contributed by atoms with Crippen LogP contribution in [-0.2, 0) is 30.2 Å². The van der Waals surface area contributed by atoms with Crippen LogP contribution in [0.3, 0.4) is 0 Å². The van der Waals surface area contributed by atoms with Gasteiger partial charge in [0.15, 0.2) is 5.76 Å². The molecule has 0 fully saturated rings. The summed E-state index contributed by atoms with van der Waals surface area (Å²) in [7, 11) is 2.97. The van der Waals surface area contributed by atoms with Gasteiger partial charge >= 0.3 is 5.97 Å². The van der Waals surface area contributed by atoms with E-state index in [1.54, 1.807) is 25.3 Å². The molecule has 0 bridgehead atoms. The van der Waals surface area contributed by atoms with E-state index in [1.165, 1.54) is 7.11 Å². The molecule has 3 aromatic rings. The second-order valence-corrected chi connectivity index (χ2v) is 8.97. The minimum Gasteiger partial charge on any atom is -0.497 e. The summed E-state index contributed by atoms with van der Waals surface area (Å²) in [6.45, 7) is 1.10. The average molecular weight is 539 g/mol. The molecule has 39 heavy (non-hydrogen) atoms. The number of nitrogens with one attached hydrogen (secondary N) is 2. The number of benzene rings is 2. The molecule has 4 rings (SSSR count). The van der Waals surface area contributed by atoms with E-state index < -0.39 is 12.3 Å². The summed E-state index contributed by atoms with van der Waals surface area (Å²) in [5.74, 6) is 0.0164. The number of amides is 1. The van der Waals surface area contributed by atoms with Gasteiger partial charge in [-0.1, -0.05) is 12.1 Å². The lowest BCUT2D eigenvalue weighted by Gasteiger charge is -2.29. The van der Waals surface area contributed by atoms with Crippen molar-refractivity contribution >= 4 is 22.8 Å². The number of methoxy groups -OCH3 is 2.